The van der Waals surface area contributed by atoms with Crippen molar-refractivity contribution in [3.63, 3.8) is 0 Å². The molecule has 3 aromatic carbocycles. The summed E-state index contributed by atoms with van der Waals surface area (Å²) in [6.45, 7) is 0. The Labute approximate surface area is 146 Å². The van der Waals surface area contributed by atoms with Crippen molar-refractivity contribution >= 4 is 23.3 Å². The van der Waals surface area contributed by atoms with Gasteiger partial charge in [-0.2, -0.15) is 0 Å². The number of nitrogens with zero attached hydrogens (tertiary/aromatic N) is 1. The van der Waals surface area contributed by atoms with E-state index in [1.165, 1.54) is 0 Å². The van der Waals surface area contributed by atoms with E-state index in [0.717, 1.165) is 34.1 Å². The Morgan fingerprint density at radius 2 is 1.28 bits per heavy atom. The minimum absolute atomic E-state index is 0.881. The fourth-order valence-corrected chi connectivity index (χ4v) is 2.62. The van der Waals surface area contributed by atoms with Crippen LogP contribution in [0.4, 0.5) is 17.1 Å². The van der Waals surface area contributed by atoms with Crippen LogP contribution >= 0.6 is 0 Å². The molecule has 0 saturated carbocycles. The quantitative estimate of drug-likeness (QED) is 0.446. The van der Waals surface area contributed by atoms with Gasteiger partial charge in [0.15, 0.2) is 11.5 Å². The Kier molecular flexibility index (Phi) is 4.16. The van der Waals surface area contributed by atoms with E-state index in [4.69, 9.17) is 4.74 Å². The lowest BCUT2D eigenvalue weighted by Crippen LogP contribution is -2.01. The van der Waals surface area contributed by atoms with Crippen LogP contribution < -0.4 is 15.4 Å². The van der Waals surface area contributed by atoms with Gasteiger partial charge in [-0.15, -0.1) is 0 Å². The van der Waals surface area contributed by atoms with Gasteiger partial charge in [-0.3, -0.25) is 4.99 Å². The predicted octanol–water partition coefficient (Wildman–Crippen LogP) is 5.54. The fourth-order valence-electron chi connectivity index (χ4n) is 2.62. The van der Waals surface area contributed by atoms with E-state index in [9.17, 15) is 0 Å². The van der Waals surface area contributed by atoms with Gasteiger partial charge in [-0.25, -0.2) is 0 Å². The summed E-state index contributed by atoms with van der Waals surface area (Å²) >= 11 is 0. The summed E-state index contributed by atoms with van der Waals surface area (Å²) in [7, 11) is 0. The summed E-state index contributed by atoms with van der Waals surface area (Å²) in [6, 6.07) is 23.9. The molecule has 0 fully saturated rings. The Bertz CT molecular complexity index is 860. The molecule has 0 aromatic heterocycles. The molecule has 4 heteroatoms. The summed E-state index contributed by atoms with van der Waals surface area (Å²) in [6.07, 6.45) is 5.40. The van der Waals surface area contributed by atoms with Crippen molar-refractivity contribution in [3.8, 4) is 11.5 Å². The first-order chi connectivity index (χ1) is 12.4. The van der Waals surface area contributed by atoms with Gasteiger partial charge in [-0.05, 0) is 30.3 Å². The second kappa shape index (κ2) is 6.93. The molecular weight excluding hydrogens is 310 g/mol. The number of hydrogen-bond donors (Lipinski definition) is 2. The number of hydrogen-bond acceptors (Lipinski definition) is 4. The van der Waals surface area contributed by atoms with Crippen molar-refractivity contribution in [2.75, 3.05) is 10.6 Å². The van der Waals surface area contributed by atoms with Crippen LogP contribution in [0.5, 0.6) is 11.5 Å². The minimum atomic E-state index is 0.881. The van der Waals surface area contributed by atoms with Gasteiger partial charge in [-0.1, -0.05) is 42.5 Å². The molecule has 0 spiro atoms. The largest absolute Gasteiger partial charge is 0.453 e. The van der Waals surface area contributed by atoms with Gasteiger partial charge < -0.3 is 15.4 Å². The summed E-state index contributed by atoms with van der Waals surface area (Å²) in [5.41, 5.74) is 4.26. The van der Waals surface area contributed by atoms with Crippen molar-refractivity contribution in [1.29, 1.82) is 0 Å². The minimum Gasteiger partial charge on any atom is -0.453 e. The molecule has 2 heterocycles. The average Bonchev–Trinajstić information content (AvgIpc) is 2.92. The van der Waals surface area contributed by atoms with E-state index in [-0.39, 0.29) is 0 Å². The number of ether oxygens (including phenoxy) is 1. The first kappa shape index (κ1) is 15.0. The normalized spacial score (nSPS) is 12.6. The van der Waals surface area contributed by atoms with Crippen LogP contribution in [0.25, 0.3) is 0 Å². The number of para-hydroxylation sites is 5. The summed E-state index contributed by atoms with van der Waals surface area (Å²) < 4.78 is 5.71. The maximum absolute atomic E-state index is 5.71. The smallest absolute Gasteiger partial charge is 0.150 e. The second-order valence-electron chi connectivity index (χ2n) is 5.54. The third-order valence-electron chi connectivity index (χ3n) is 3.84. The molecule has 0 aliphatic carbocycles. The maximum atomic E-state index is 5.71. The molecule has 2 aliphatic heterocycles. The topological polar surface area (TPSA) is 45.7 Å². The van der Waals surface area contributed by atoms with E-state index < -0.39 is 0 Å². The molecule has 0 atom stereocenters. The molecule has 4 nitrogen and oxygen atoms in total. The van der Waals surface area contributed by atoms with Crippen LogP contribution in [0.15, 0.2) is 90.2 Å². The third kappa shape index (κ3) is 3.38. The fraction of sp³-hybridized carbons (Fsp3) is 0. The summed E-state index contributed by atoms with van der Waals surface area (Å²) in [5, 5.41) is 6.44. The lowest BCUT2D eigenvalue weighted by Gasteiger charge is -2.20. The van der Waals surface area contributed by atoms with Gasteiger partial charge in [0.25, 0.3) is 0 Å². The van der Waals surface area contributed by atoms with Crippen LogP contribution in [0.1, 0.15) is 5.56 Å². The monoisotopic (exact) mass is 327 g/mol. The van der Waals surface area contributed by atoms with Crippen LogP contribution in [-0.2, 0) is 0 Å². The van der Waals surface area contributed by atoms with Crippen molar-refractivity contribution in [2.24, 2.45) is 4.99 Å². The van der Waals surface area contributed by atoms with E-state index >= 15 is 0 Å². The van der Waals surface area contributed by atoms with E-state index in [1.807, 2.05) is 85.2 Å². The van der Waals surface area contributed by atoms with Crippen molar-refractivity contribution in [1.82, 2.24) is 0 Å². The zero-order chi connectivity index (χ0) is 16.9. The SMILES string of the molecule is C1=CNc2ccccc2C=N1.c1ccc2c(c1)Nc1ccccc1O2. The molecule has 0 amide bonds. The van der Waals surface area contributed by atoms with E-state index in [0.29, 0.717) is 0 Å². The van der Waals surface area contributed by atoms with E-state index in [1.54, 1.807) is 6.20 Å². The summed E-state index contributed by atoms with van der Waals surface area (Å²) in [4.78, 5) is 4.04. The molecular formula is C21H17N3O. The molecule has 0 bridgehead atoms. The van der Waals surface area contributed by atoms with Crippen molar-refractivity contribution < 1.29 is 4.74 Å². The van der Waals surface area contributed by atoms with Crippen LogP contribution in [0, 0.1) is 0 Å². The van der Waals surface area contributed by atoms with Gasteiger partial charge >= 0.3 is 0 Å². The molecule has 122 valence electrons. The van der Waals surface area contributed by atoms with E-state index in [2.05, 4.69) is 15.6 Å². The standard InChI is InChI=1S/C12H9NO.C9H8N2/c1-3-7-11-9(5-1)13-10-6-2-4-8-12(10)14-11;1-2-4-9-8(3-1)7-10-5-6-11-9/h1-8,13H;1-7,11H. The first-order valence-corrected chi connectivity index (χ1v) is 8.07. The highest BCUT2D eigenvalue weighted by Crippen LogP contribution is 2.40. The zero-order valence-electron chi connectivity index (χ0n) is 13.5. The Morgan fingerprint density at radius 3 is 2.00 bits per heavy atom. The lowest BCUT2D eigenvalue weighted by atomic mass is 10.2. The predicted molar refractivity (Wildman–Crippen MR) is 103 cm³/mol. The second-order valence-corrected chi connectivity index (χ2v) is 5.54. The highest BCUT2D eigenvalue weighted by atomic mass is 16.5. The number of nitrogens with one attached hydrogen (secondary N) is 2. The molecule has 2 aliphatic rings. The first-order valence-electron chi connectivity index (χ1n) is 8.07. The molecule has 25 heavy (non-hydrogen) atoms. The van der Waals surface area contributed by atoms with Gasteiger partial charge in [0, 0.05) is 29.9 Å². The number of rotatable bonds is 0. The van der Waals surface area contributed by atoms with Crippen molar-refractivity contribution in [3.05, 3.63) is 90.8 Å². The van der Waals surface area contributed by atoms with Gasteiger partial charge in [0.2, 0.25) is 0 Å². The highest BCUT2D eigenvalue weighted by Gasteiger charge is 2.13. The lowest BCUT2D eigenvalue weighted by molar-refractivity contribution is 0.481. The molecule has 2 N–H and O–H groups in total. The molecule has 0 radical (unpaired) electrons. The Hall–Kier alpha value is -3.53. The molecule has 5 rings (SSSR count). The van der Waals surface area contributed by atoms with Crippen LogP contribution in [-0.4, -0.2) is 6.21 Å². The molecule has 0 saturated heterocycles. The van der Waals surface area contributed by atoms with Crippen LogP contribution in [0.2, 0.25) is 0 Å². The summed E-state index contributed by atoms with van der Waals surface area (Å²) in [5.74, 6) is 1.76. The number of aliphatic imine (C=N–C) groups is 1. The highest BCUT2D eigenvalue weighted by molar-refractivity contribution is 5.88. The Morgan fingerprint density at radius 1 is 0.680 bits per heavy atom. The average molecular weight is 327 g/mol. The Balaban J connectivity index is 0.000000129. The zero-order valence-corrected chi connectivity index (χ0v) is 13.5. The van der Waals surface area contributed by atoms with Crippen LogP contribution in [0.3, 0.4) is 0 Å². The number of benzene rings is 3. The maximum Gasteiger partial charge on any atom is 0.150 e. The number of fused-ring (bicyclic) bond motifs is 3. The molecule has 0 unspecified atom stereocenters. The number of anilines is 3. The van der Waals surface area contributed by atoms with Crippen molar-refractivity contribution in [2.45, 2.75) is 0 Å². The van der Waals surface area contributed by atoms with Gasteiger partial charge in [0.05, 0.1) is 11.4 Å². The third-order valence-corrected chi connectivity index (χ3v) is 3.84. The van der Waals surface area contributed by atoms with Gasteiger partial charge in [0.1, 0.15) is 0 Å². The molecule has 3 aromatic rings.